The number of benzene rings is 5. The number of nitrogens with one attached hydrogen (secondary N) is 4. The lowest BCUT2D eigenvalue weighted by Crippen LogP contribution is -2.47. The molecule has 13 aromatic rings. The molecule has 2 aliphatic rings. The number of pyridine rings is 7. The number of rotatable bonds is 17. The largest absolute Gasteiger partial charge is 0.395 e. The lowest BCUT2D eigenvalue weighted by molar-refractivity contribution is 0.101. The van der Waals surface area contributed by atoms with Gasteiger partial charge in [0.2, 0.25) is 0 Å². The van der Waals surface area contributed by atoms with Crippen LogP contribution in [-0.2, 0) is 0 Å². The van der Waals surface area contributed by atoms with Gasteiger partial charge in [0.05, 0.1) is 89.3 Å². The van der Waals surface area contributed by atoms with Crippen LogP contribution in [0.3, 0.4) is 0 Å². The molecule has 5 aromatic carbocycles. The molecule has 566 valence electrons. The second-order valence-corrected chi connectivity index (χ2v) is 27.5. The molecule has 2 aliphatic heterocycles. The van der Waals surface area contributed by atoms with Gasteiger partial charge in [-0.2, -0.15) is 5.10 Å². The van der Waals surface area contributed by atoms with E-state index in [4.69, 9.17) is 63.1 Å². The molecule has 4 amide bonds. The molecule has 0 spiro atoms. The highest BCUT2D eigenvalue weighted by Crippen LogP contribution is 2.34. The summed E-state index contributed by atoms with van der Waals surface area (Å²) in [6.07, 6.45) is 12.9. The zero-order valence-electron chi connectivity index (χ0n) is 60.5. The van der Waals surface area contributed by atoms with Gasteiger partial charge in [0.1, 0.15) is 22.6 Å². The van der Waals surface area contributed by atoms with Crippen LogP contribution >= 0.6 is 58.0 Å². The van der Waals surface area contributed by atoms with Gasteiger partial charge < -0.3 is 41.1 Å². The second-order valence-electron chi connectivity index (χ2n) is 25.5. The Morgan fingerprint density at radius 2 is 0.777 bits per heavy atom. The normalized spacial score (nSPS) is 12.7. The first kappa shape index (κ1) is 79.6. The lowest BCUT2D eigenvalue weighted by Gasteiger charge is -2.35. The highest BCUT2D eigenvalue weighted by Gasteiger charge is 2.22. The fourth-order valence-corrected chi connectivity index (χ4v) is 12.8. The summed E-state index contributed by atoms with van der Waals surface area (Å²) in [7, 11) is 2.12. The van der Waals surface area contributed by atoms with Crippen LogP contribution in [-0.4, -0.2) is 156 Å². The lowest BCUT2D eigenvalue weighted by atomic mass is 10.1. The number of hydrogen-bond donors (Lipinski definition) is 5. The van der Waals surface area contributed by atoms with Crippen LogP contribution in [0.2, 0.25) is 25.2 Å². The standard InChI is InChI=1S/C23H24ClN5O2.C22H16ClFN4O.C22H22ClN5O.C17H11Cl2N3O/c24-20-6-5-18(15-19(20)21-3-1-2-8-25-21)27-23(31)17-4-7-22(26-16-17)29-11-9-28(10-12-29)13-14-30;1-14-19(13-26-28(14)17-8-5-15(24)6-9-17)22(29)27-16-7-10-20(23)18(12-16)21-4-2-3-11-25-21;1-27-10-12-28(13-11-27)21-8-5-16(15-25-21)22(29)26-17-6-7-19(23)18(14-17)20-4-2-3-9-24-20;18-14-6-5-12(9-13(14)15-3-1-2-8-20-15)22-17(23)11-4-7-16(19)21-10-11/h1-8,15-16,30H,9-14H2,(H,27,31);2-13H,1H3,(H,27,29);2-9,14-15H,10-13H2,1H3,(H,26,29);1-10H,(H,22,23). The maximum atomic E-state index is 13.2. The van der Waals surface area contributed by atoms with Gasteiger partial charge in [-0.25, -0.2) is 24.0 Å². The van der Waals surface area contributed by atoms with Crippen molar-refractivity contribution < 1.29 is 28.7 Å². The number of carbonyl (C=O) groups excluding carboxylic acids is 4. The van der Waals surface area contributed by atoms with Gasteiger partial charge in [0.25, 0.3) is 23.6 Å². The molecule has 5 N–H and O–H groups in total. The first-order chi connectivity index (χ1) is 54.4. The molecule has 2 saturated heterocycles. The highest BCUT2D eigenvalue weighted by atomic mass is 35.5. The molecule has 0 radical (unpaired) electrons. The molecule has 0 saturated carbocycles. The van der Waals surface area contributed by atoms with E-state index < -0.39 is 0 Å². The van der Waals surface area contributed by atoms with E-state index in [9.17, 15) is 23.6 Å². The van der Waals surface area contributed by atoms with Crippen molar-refractivity contribution in [3.8, 4) is 50.7 Å². The Labute approximate surface area is 670 Å². The molecule has 2 fully saturated rings. The van der Waals surface area contributed by atoms with Gasteiger partial charge in [-0.15, -0.1) is 0 Å². The van der Waals surface area contributed by atoms with Crippen LogP contribution in [0, 0.1) is 12.7 Å². The molecule has 0 atom stereocenters. The van der Waals surface area contributed by atoms with E-state index in [0.29, 0.717) is 93.9 Å². The number of aromatic nitrogens is 9. The average Bonchev–Trinajstić information content (AvgIpc) is 1.66. The summed E-state index contributed by atoms with van der Waals surface area (Å²) in [5, 5.41) is 27.4. The third kappa shape index (κ3) is 21.4. The summed E-state index contributed by atoms with van der Waals surface area (Å²) >= 11 is 30.9. The van der Waals surface area contributed by atoms with Crippen molar-refractivity contribution in [1.82, 2.24) is 54.5 Å². The molecule has 0 bridgehead atoms. The Balaban J connectivity index is 0.000000139. The fraction of sp³-hybridized carbons (Fsp3) is 0.143. The third-order valence-corrected chi connectivity index (χ3v) is 19.5. The predicted octanol–water partition coefficient (Wildman–Crippen LogP) is 17.0. The van der Waals surface area contributed by atoms with E-state index in [2.05, 4.69) is 87.9 Å². The van der Waals surface area contributed by atoms with Crippen LogP contribution in [0.25, 0.3) is 50.7 Å². The topological polar surface area (TPSA) is 258 Å². The van der Waals surface area contributed by atoms with Crippen LogP contribution in [0.1, 0.15) is 47.1 Å². The zero-order valence-corrected chi connectivity index (χ0v) is 64.3. The van der Waals surface area contributed by atoms with Gasteiger partial charge in [0, 0.05) is 147 Å². The van der Waals surface area contributed by atoms with E-state index in [1.807, 2.05) is 103 Å². The van der Waals surface area contributed by atoms with Crippen LogP contribution in [0.15, 0.2) is 256 Å². The van der Waals surface area contributed by atoms with Gasteiger partial charge in [-0.1, -0.05) is 82.3 Å². The van der Waals surface area contributed by atoms with Crippen molar-refractivity contribution >= 4 is 116 Å². The molecular weight excluding hydrogens is 1520 g/mol. The number of hydrogen-bond acceptors (Lipinski definition) is 17. The molecule has 22 nitrogen and oxygen atoms in total. The summed E-state index contributed by atoms with van der Waals surface area (Å²) in [4.78, 5) is 89.4. The smallest absolute Gasteiger partial charge is 0.259 e. The van der Waals surface area contributed by atoms with Crippen LogP contribution in [0.4, 0.5) is 38.8 Å². The summed E-state index contributed by atoms with van der Waals surface area (Å²) in [6.45, 7) is 10.0. The SMILES string of the molecule is CN1CCN(c2ccc(C(=O)Nc3ccc(Cl)c(-c4ccccn4)c3)cn2)CC1.Cc1c(C(=O)Nc2ccc(Cl)c(-c3ccccn3)c2)cnn1-c1ccc(F)cc1.O=C(Nc1ccc(Cl)c(-c2ccccn2)c1)c1ccc(Cl)nc1.O=C(Nc1ccc(Cl)c(-c2ccccn2)c1)c1ccc(N2CCN(CCO)CC2)nc1. The third-order valence-electron chi connectivity index (χ3n) is 17.9. The number of piperazine rings is 2. The summed E-state index contributed by atoms with van der Waals surface area (Å²) < 4.78 is 14.7. The van der Waals surface area contributed by atoms with Crippen molar-refractivity contribution in [2.45, 2.75) is 6.92 Å². The van der Waals surface area contributed by atoms with E-state index in [1.165, 1.54) is 24.5 Å². The van der Waals surface area contributed by atoms with Crippen molar-refractivity contribution in [2.24, 2.45) is 0 Å². The monoisotopic (exact) mass is 1590 g/mol. The number of halogens is 6. The summed E-state index contributed by atoms with van der Waals surface area (Å²) in [5.74, 6) is 0.400. The molecule has 8 aromatic heterocycles. The van der Waals surface area contributed by atoms with Crippen molar-refractivity contribution in [2.75, 3.05) is 104 Å². The predicted molar refractivity (Wildman–Crippen MR) is 442 cm³/mol. The molecule has 0 aliphatic carbocycles. The molecule has 28 heteroatoms. The van der Waals surface area contributed by atoms with E-state index in [0.717, 1.165) is 103 Å². The maximum Gasteiger partial charge on any atom is 0.259 e. The number of likely N-dealkylation sites (N-methyl/N-ethyl adjacent to an activating group) is 1. The Morgan fingerprint density at radius 1 is 0.411 bits per heavy atom. The highest BCUT2D eigenvalue weighted by molar-refractivity contribution is 6.35. The quantitative estimate of drug-likeness (QED) is 0.0531. The van der Waals surface area contributed by atoms with Gasteiger partial charge in [0.15, 0.2) is 0 Å². The number of nitrogens with zero attached hydrogens (tertiary/aromatic N) is 13. The minimum absolute atomic E-state index is 0.180. The molecule has 112 heavy (non-hydrogen) atoms. The van der Waals surface area contributed by atoms with Crippen molar-refractivity contribution in [1.29, 1.82) is 0 Å². The Hall–Kier alpha value is -11.9. The first-order valence-electron chi connectivity index (χ1n) is 35.4. The molecule has 0 unspecified atom stereocenters. The molecule has 15 rings (SSSR count). The maximum absolute atomic E-state index is 13.2. The minimum atomic E-state index is -0.331. The second kappa shape index (κ2) is 38.6. The van der Waals surface area contributed by atoms with Crippen LogP contribution < -0.4 is 31.1 Å². The van der Waals surface area contributed by atoms with Crippen molar-refractivity contribution in [3.05, 3.63) is 315 Å². The average molecular weight is 1600 g/mol. The first-order valence-corrected chi connectivity index (χ1v) is 37.2. The number of anilines is 6. The number of amides is 4. The van der Waals surface area contributed by atoms with E-state index in [1.54, 1.807) is 140 Å². The molecule has 10 heterocycles. The molecular formula is C84H73Cl5FN17O5. The number of carbonyl (C=O) groups is 4. The van der Waals surface area contributed by atoms with Crippen LogP contribution in [0.5, 0.6) is 0 Å². The Bertz CT molecular complexity index is 5350. The van der Waals surface area contributed by atoms with E-state index in [-0.39, 0.29) is 36.1 Å². The zero-order chi connectivity index (χ0) is 78.5. The Kier molecular flexibility index (Phi) is 27.5. The Morgan fingerprint density at radius 3 is 1.12 bits per heavy atom. The minimum Gasteiger partial charge on any atom is -0.395 e. The van der Waals surface area contributed by atoms with Gasteiger partial charge in [-0.3, -0.25) is 44.0 Å². The van der Waals surface area contributed by atoms with E-state index >= 15 is 0 Å². The fourth-order valence-electron chi connectivity index (χ4n) is 11.9. The van der Waals surface area contributed by atoms with Gasteiger partial charge in [-0.05, 0) is 196 Å². The number of aliphatic hydroxyl groups is 1. The van der Waals surface area contributed by atoms with Crippen molar-refractivity contribution in [3.63, 3.8) is 0 Å². The van der Waals surface area contributed by atoms with Gasteiger partial charge >= 0.3 is 0 Å². The summed E-state index contributed by atoms with van der Waals surface area (Å²) in [5.41, 5.74) is 11.6. The summed E-state index contributed by atoms with van der Waals surface area (Å²) in [6, 6.07) is 60.0. The number of β-amino-alcohol motifs (C(OH)–C–C–N with tert-alkyl or cyclic N) is 1. The number of aliphatic hydroxyl groups excluding tert-OH is 1.